The fourth-order valence-electron chi connectivity index (χ4n) is 1.21. The molecule has 0 aliphatic heterocycles. The molecule has 0 aromatic carbocycles. The van der Waals surface area contributed by atoms with Gasteiger partial charge in [0.25, 0.3) is 0 Å². The first kappa shape index (κ1) is 15.5. The normalized spacial score (nSPS) is 11.7. The van der Waals surface area contributed by atoms with Crippen molar-refractivity contribution in [1.29, 1.82) is 0 Å². The maximum atomic E-state index is 11.3. The molecule has 0 amide bonds. The molecule has 0 bridgehead atoms. The highest BCUT2D eigenvalue weighted by Crippen LogP contribution is 2.27. The summed E-state index contributed by atoms with van der Waals surface area (Å²) in [7, 11) is -2.91. The Labute approximate surface area is 115 Å². The SMILES string of the molecule is CCS(=O)(=O)CCCSc1nc(C)c(C(=O)O)s1. The van der Waals surface area contributed by atoms with Gasteiger partial charge in [0.15, 0.2) is 4.34 Å². The van der Waals surface area contributed by atoms with Crippen LogP contribution in [0.4, 0.5) is 0 Å². The number of rotatable bonds is 7. The van der Waals surface area contributed by atoms with E-state index in [1.54, 1.807) is 13.8 Å². The van der Waals surface area contributed by atoms with Crippen molar-refractivity contribution in [2.75, 3.05) is 17.3 Å². The number of carboxylic acid groups (broad SMARTS) is 1. The van der Waals surface area contributed by atoms with Crippen molar-refractivity contribution in [2.24, 2.45) is 0 Å². The molecule has 0 radical (unpaired) electrons. The number of aryl methyl sites for hydroxylation is 1. The Hall–Kier alpha value is -0.600. The van der Waals surface area contributed by atoms with E-state index in [4.69, 9.17) is 5.11 Å². The summed E-state index contributed by atoms with van der Waals surface area (Å²) in [6.45, 7) is 3.29. The minimum Gasteiger partial charge on any atom is -0.477 e. The van der Waals surface area contributed by atoms with Gasteiger partial charge < -0.3 is 5.11 Å². The number of carboxylic acids is 1. The van der Waals surface area contributed by atoms with Crippen LogP contribution < -0.4 is 0 Å². The first-order valence-corrected chi connectivity index (χ1v) is 9.02. The van der Waals surface area contributed by atoms with Crippen LogP contribution in [0, 0.1) is 6.92 Å². The van der Waals surface area contributed by atoms with Crippen LogP contribution in [0.1, 0.15) is 28.7 Å². The molecule has 8 heteroatoms. The Morgan fingerprint density at radius 1 is 1.50 bits per heavy atom. The molecule has 18 heavy (non-hydrogen) atoms. The minimum absolute atomic E-state index is 0.164. The average Bonchev–Trinajstić information content (AvgIpc) is 2.66. The quantitative estimate of drug-likeness (QED) is 0.613. The van der Waals surface area contributed by atoms with Gasteiger partial charge in [-0.25, -0.2) is 18.2 Å². The van der Waals surface area contributed by atoms with E-state index in [-0.39, 0.29) is 16.4 Å². The predicted octanol–water partition coefficient (Wildman–Crippen LogP) is 2.07. The number of aromatic carboxylic acids is 1. The molecular weight excluding hydrogens is 294 g/mol. The summed E-state index contributed by atoms with van der Waals surface area (Å²) in [5, 5.41) is 8.87. The van der Waals surface area contributed by atoms with Gasteiger partial charge in [0, 0.05) is 11.5 Å². The van der Waals surface area contributed by atoms with Crippen LogP contribution in [0.3, 0.4) is 0 Å². The zero-order valence-corrected chi connectivity index (χ0v) is 12.6. The number of aromatic nitrogens is 1. The molecule has 0 atom stereocenters. The number of thiazole rings is 1. The zero-order valence-electron chi connectivity index (χ0n) is 10.2. The van der Waals surface area contributed by atoms with E-state index >= 15 is 0 Å². The smallest absolute Gasteiger partial charge is 0.347 e. The van der Waals surface area contributed by atoms with Gasteiger partial charge in [0.2, 0.25) is 0 Å². The van der Waals surface area contributed by atoms with Gasteiger partial charge in [-0.3, -0.25) is 0 Å². The van der Waals surface area contributed by atoms with Gasteiger partial charge in [0.05, 0.1) is 11.4 Å². The fraction of sp³-hybridized carbons (Fsp3) is 0.600. The first-order chi connectivity index (χ1) is 8.35. The van der Waals surface area contributed by atoms with Crippen molar-refractivity contribution in [3.05, 3.63) is 10.6 Å². The van der Waals surface area contributed by atoms with E-state index in [0.717, 1.165) is 11.3 Å². The van der Waals surface area contributed by atoms with E-state index in [2.05, 4.69) is 4.98 Å². The van der Waals surface area contributed by atoms with Crippen molar-refractivity contribution in [1.82, 2.24) is 4.98 Å². The third kappa shape index (κ3) is 4.58. The highest BCUT2D eigenvalue weighted by Gasteiger charge is 2.14. The largest absolute Gasteiger partial charge is 0.477 e. The molecule has 1 rings (SSSR count). The lowest BCUT2D eigenvalue weighted by Crippen LogP contribution is -2.09. The molecule has 1 heterocycles. The van der Waals surface area contributed by atoms with Crippen LogP contribution in [-0.2, 0) is 9.84 Å². The predicted molar refractivity (Wildman–Crippen MR) is 73.5 cm³/mol. The molecule has 0 aliphatic rings. The lowest BCUT2D eigenvalue weighted by atomic mass is 10.4. The van der Waals surface area contributed by atoms with Crippen molar-refractivity contribution >= 4 is 38.9 Å². The third-order valence-corrected chi connectivity index (χ3v) is 6.40. The van der Waals surface area contributed by atoms with E-state index < -0.39 is 15.8 Å². The molecule has 5 nitrogen and oxygen atoms in total. The standard InChI is InChI=1S/C10H15NO4S3/c1-3-18(14,15)6-4-5-16-10-11-7(2)8(17-10)9(12)13/h3-6H2,1-2H3,(H,12,13). The molecule has 0 unspecified atom stereocenters. The van der Waals surface area contributed by atoms with E-state index in [9.17, 15) is 13.2 Å². The van der Waals surface area contributed by atoms with Crippen molar-refractivity contribution < 1.29 is 18.3 Å². The maximum absolute atomic E-state index is 11.3. The lowest BCUT2D eigenvalue weighted by Gasteiger charge is -1.99. The second-order valence-electron chi connectivity index (χ2n) is 3.64. The second-order valence-corrected chi connectivity index (χ2v) is 8.45. The maximum Gasteiger partial charge on any atom is 0.347 e. The van der Waals surface area contributed by atoms with Crippen LogP contribution in [0.15, 0.2) is 4.34 Å². The number of hydrogen-bond donors (Lipinski definition) is 1. The van der Waals surface area contributed by atoms with Crippen LogP contribution in [0.2, 0.25) is 0 Å². The van der Waals surface area contributed by atoms with E-state index in [1.165, 1.54) is 11.8 Å². The van der Waals surface area contributed by atoms with E-state index in [0.29, 0.717) is 22.2 Å². The zero-order chi connectivity index (χ0) is 13.8. The van der Waals surface area contributed by atoms with Crippen molar-refractivity contribution in [2.45, 2.75) is 24.6 Å². The topological polar surface area (TPSA) is 84.3 Å². The van der Waals surface area contributed by atoms with Crippen LogP contribution in [0.5, 0.6) is 0 Å². The highest BCUT2D eigenvalue weighted by molar-refractivity contribution is 8.01. The molecule has 102 valence electrons. The number of nitrogens with zero attached hydrogens (tertiary/aromatic N) is 1. The molecule has 0 aliphatic carbocycles. The van der Waals surface area contributed by atoms with Crippen molar-refractivity contribution in [3.8, 4) is 0 Å². The summed E-state index contributed by atoms with van der Waals surface area (Å²) in [6, 6.07) is 0. The Morgan fingerprint density at radius 2 is 2.17 bits per heavy atom. The molecule has 1 aromatic rings. The fourth-order valence-corrected chi connectivity index (χ4v) is 4.31. The van der Waals surface area contributed by atoms with E-state index in [1.807, 2.05) is 0 Å². The monoisotopic (exact) mass is 309 g/mol. The summed E-state index contributed by atoms with van der Waals surface area (Å²) in [4.78, 5) is 15.2. The second kappa shape index (κ2) is 6.53. The van der Waals surface area contributed by atoms with Gasteiger partial charge in [-0.1, -0.05) is 18.7 Å². The summed E-state index contributed by atoms with van der Waals surface area (Å²) >= 11 is 2.54. The summed E-state index contributed by atoms with van der Waals surface area (Å²) in [5.41, 5.74) is 0.510. The van der Waals surface area contributed by atoms with Crippen LogP contribution >= 0.6 is 23.1 Å². The first-order valence-electron chi connectivity index (χ1n) is 5.39. The molecule has 0 saturated carbocycles. The number of thioether (sulfide) groups is 1. The van der Waals surface area contributed by atoms with Gasteiger partial charge in [-0.15, -0.1) is 11.3 Å². The van der Waals surface area contributed by atoms with Crippen molar-refractivity contribution in [3.63, 3.8) is 0 Å². The Balaban J connectivity index is 2.45. The number of sulfone groups is 1. The number of carbonyl (C=O) groups is 1. The molecule has 1 aromatic heterocycles. The van der Waals surface area contributed by atoms with Gasteiger partial charge in [-0.2, -0.15) is 0 Å². The lowest BCUT2D eigenvalue weighted by molar-refractivity contribution is 0.0701. The molecule has 1 N–H and O–H groups in total. The minimum atomic E-state index is -2.91. The Kier molecular flexibility index (Phi) is 5.61. The van der Waals surface area contributed by atoms with Gasteiger partial charge >= 0.3 is 5.97 Å². The molecular formula is C10H15NO4S3. The van der Waals surface area contributed by atoms with Crippen LogP contribution in [-0.4, -0.2) is 41.7 Å². The Bertz CT molecular complexity index is 521. The third-order valence-electron chi connectivity index (χ3n) is 2.24. The van der Waals surface area contributed by atoms with Gasteiger partial charge in [0.1, 0.15) is 14.7 Å². The highest BCUT2D eigenvalue weighted by atomic mass is 32.2. The average molecular weight is 309 g/mol. The summed E-state index contributed by atoms with van der Waals surface area (Å²) in [6.07, 6.45) is 0.557. The Morgan fingerprint density at radius 3 is 2.67 bits per heavy atom. The molecule has 0 spiro atoms. The number of hydrogen-bond acceptors (Lipinski definition) is 6. The van der Waals surface area contributed by atoms with Gasteiger partial charge in [-0.05, 0) is 13.3 Å². The molecule has 0 fully saturated rings. The van der Waals surface area contributed by atoms with Crippen LogP contribution in [0.25, 0.3) is 0 Å². The summed E-state index contributed by atoms with van der Waals surface area (Å²) in [5.74, 6) is 0.000126. The summed E-state index contributed by atoms with van der Waals surface area (Å²) < 4.78 is 23.2. The molecule has 0 saturated heterocycles.